The molecule has 1 aromatic carbocycles. The molecule has 1 aliphatic rings. The third-order valence-corrected chi connectivity index (χ3v) is 2.91. The van der Waals surface area contributed by atoms with Crippen molar-refractivity contribution in [1.29, 1.82) is 5.41 Å². The second-order valence-corrected chi connectivity index (χ2v) is 4.07. The number of aliphatic hydroxyl groups excluding tert-OH is 1. The van der Waals surface area contributed by atoms with Crippen LogP contribution in [0.25, 0.3) is 0 Å². The third kappa shape index (κ3) is 2.10. The molecule has 92 valence electrons. The Balaban J connectivity index is 2.28. The Hall–Kier alpha value is -2.20. The summed E-state index contributed by atoms with van der Waals surface area (Å²) in [5.74, 6) is -0.411. The lowest BCUT2D eigenvalue weighted by molar-refractivity contribution is 0.0659. The van der Waals surface area contributed by atoms with Crippen LogP contribution in [-0.2, 0) is 0 Å². The van der Waals surface area contributed by atoms with Crippen LogP contribution in [0, 0.1) is 5.41 Å². The summed E-state index contributed by atoms with van der Waals surface area (Å²) in [7, 11) is 0. The van der Waals surface area contributed by atoms with Crippen LogP contribution in [0.4, 0.5) is 0 Å². The van der Waals surface area contributed by atoms with Crippen LogP contribution in [0.15, 0.2) is 54.8 Å². The van der Waals surface area contributed by atoms with E-state index in [1.54, 1.807) is 54.8 Å². The summed E-state index contributed by atoms with van der Waals surface area (Å²) < 4.78 is 0. The maximum absolute atomic E-state index is 12.2. The molecule has 2 unspecified atom stereocenters. The first-order valence-corrected chi connectivity index (χ1v) is 5.61. The monoisotopic (exact) mass is 242 g/mol. The molecule has 18 heavy (non-hydrogen) atoms. The minimum Gasteiger partial charge on any atom is -0.382 e. The van der Waals surface area contributed by atoms with E-state index < -0.39 is 17.4 Å². The van der Waals surface area contributed by atoms with E-state index in [9.17, 15) is 9.90 Å². The van der Waals surface area contributed by atoms with Crippen LogP contribution in [0.1, 0.15) is 10.4 Å². The average Bonchev–Trinajstić information content (AvgIpc) is 2.47. The first-order valence-electron chi connectivity index (χ1n) is 5.61. The normalized spacial score (nSPS) is 23.2. The third-order valence-electron chi connectivity index (χ3n) is 2.91. The molecule has 3 N–H and O–H groups in total. The maximum Gasteiger partial charge on any atom is 0.194 e. The van der Waals surface area contributed by atoms with Gasteiger partial charge in [-0.15, -0.1) is 0 Å². The van der Waals surface area contributed by atoms with E-state index in [1.165, 1.54) is 0 Å². The van der Waals surface area contributed by atoms with Gasteiger partial charge in [0.15, 0.2) is 5.78 Å². The highest BCUT2D eigenvalue weighted by atomic mass is 16.3. The lowest BCUT2D eigenvalue weighted by atomic mass is 9.86. The van der Waals surface area contributed by atoms with Gasteiger partial charge in [0, 0.05) is 11.8 Å². The summed E-state index contributed by atoms with van der Waals surface area (Å²) in [5.41, 5.74) is -0.738. The van der Waals surface area contributed by atoms with Gasteiger partial charge in [0.05, 0.1) is 0 Å². The molecular formula is C14H14N2O2. The number of hydrogen-bond donors (Lipinski definition) is 3. The fraction of sp³-hybridized carbons (Fsp3) is 0.143. The van der Waals surface area contributed by atoms with Crippen molar-refractivity contribution in [2.75, 3.05) is 0 Å². The van der Waals surface area contributed by atoms with Gasteiger partial charge in [-0.1, -0.05) is 42.5 Å². The summed E-state index contributed by atoms with van der Waals surface area (Å²) in [4.78, 5) is 12.2. The second kappa shape index (κ2) is 4.98. The molecule has 0 saturated carbocycles. The van der Waals surface area contributed by atoms with Crippen LogP contribution in [0.5, 0.6) is 0 Å². The Labute approximate surface area is 105 Å². The number of aliphatic hydroxyl groups is 1. The summed E-state index contributed by atoms with van der Waals surface area (Å²) in [6, 6.07) is 8.57. The number of allylic oxidation sites excluding steroid dienone is 2. The SMILES string of the molecule is N=CC1(C(O)C(=O)c2ccccc2)C=CC=CN1. The molecule has 0 spiro atoms. The molecule has 0 radical (unpaired) electrons. The average molecular weight is 242 g/mol. The fourth-order valence-corrected chi connectivity index (χ4v) is 1.83. The minimum atomic E-state index is -1.33. The number of carbonyl (C=O) groups is 1. The standard InChI is InChI=1S/C14H14N2O2/c15-10-14(8-4-5-9-16-14)13(18)12(17)11-6-2-1-3-7-11/h1-10,13,15-16,18H. The van der Waals surface area contributed by atoms with Gasteiger partial charge in [-0.25, -0.2) is 0 Å². The quantitative estimate of drug-likeness (QED) is 0.550. The van der Waals surface area contributed by atoms with Gasteiger partial charge >= 0.3 is 0 Å². The Kier molecular flexibility index (Phi) is 3.39. The highest BCUT2D eigenvalue weighted by Crippen LogP contribution is 2.18. The van der Waals surface area contributed by atoms with Crippen LogP contribution in [-0.4, -0.2) is 28.7 Å². The van der Waals surface area contributed by atoms with E-state index in [1.807, 2.05) is 0 Å². The first kappa shape index (κ1) is 12.3. The van der Waals surface area contributed by atoms with Gasteiger partial charge in [-0.05, 0) is 12.3 Å². The van der Waals surface area contributed by atoms with Crippen molar-refractivity contribution < 1.29 is 9.90 Å². The van der Waals surface area contributed by atoms with Crippen molar-refractivity contribution in [2.45, 2.75) is 11.6 Å². The predicted molar refractivity (Wildman–Crippen MR) is 69.7 cm³/mol. The largest absolute Gasteiger partial charge is 0.382 e. The van der Waals surface area contributed by atoms with Gasteiger partial charge in [-0.3, -0.25) is 4.79 Å². The zero-order valence-corrected chi connectivity index (χ0v) is 9.71. The van der Waals surface area contributed by atoms with E-state index >= 15 is 0 Å². The van der Waals surface area contributed by atoms with Crippen molar-refractivity contribution in [1.82, 2.24) is 5.32 Å². The van der Waals surface area contributed by atoms with Crippen LogP contribution in [0.3, 0.4) is 0 Å². The number of Topliss-reactive ketones (excluding diaryl/α,β-unsaturated/α-hetero) is 1. The van der Waals surface area contributed by atoms with Gasteiger partial charge in [0.1, 0.15) is 11.6 Å². The predicted octanol–water partition coefficient (Wildman–Crippen LogP) is 1.29. The lowest BCUT2D eigenvalue weighted by Crippen LogP contribution is -2.56. The van der Waals surface area contributed by atoms with Gasteiger partial charge in [0.2, 0.25) is 0 Å². The molecule has 0 amide bonds. The molecule has 0 bridgehead atoms. The van der Waals surface area contributed by atoms with E-state index in [2.05, 4.69) is 5.32 Å². The number of hydrogen-bond acceptors (Lipinski definition) is 4. The maximum atomic E-state index is 12.2. The summed E-state index contributed by atoms with van der Waals surface area (Å²) in [6.45, 7) is 0. The summed E-state index contributed by atoms with van der Waals surface area (Å²) in [6.07, 6.45) is 6.35. The molecule has 0 saturated heterocycles. The number of dihydropyridines is 1. The number of benzene rings is 1. The Morgan fingerprint density at radius 1 is 1.33 bits per heavy atom. The number of rotatable bonds is 4. The highest BCUT2D eigenvalue weighted by molar-refractivity contribution is 6.03. The molecule has 2 atom stereocenters. The number of carbonyl (C=O) groups excluding carboxylic acids is 1. The second-order valence-electron chi connectivity index (χ2n) is 4.07. The molecule has 4 nitrogen and oxygen atoms in total. The molecule has 0 aliphatic carbocycles. The molecule has 0 fully saturated rings. The van der Waals surface area contributed by atoms with Crippen molar-refractivity contribution in [3.8, 4) is 0 Å². The van der Waals surface area contributed by atoms with Gasteiger partial charge in [0.25, 0.3) is 0 Å². The molecule has 2 rings (SSSR count). The van der Waals surface area contributed by atoms with Crippen molar-refractivity contribution in [2.24, 2.45) is 0 Å². The zero-order valence-electron chi connectivity index (χ0n) is 9.71. The van der Waals surface area contributed by atoms with Crippen LogP contribution in [0.2, 0.25) is 0 Å². The Morgan fingerprint density at radius 2 is 2.06 bits per heavy atom. The van der Waals surface area contributed by atoms with Crippen LogP contribution < -0.4 is 5.32 Å². The van der Waals surface area contributed by atoms with Gasteiger partial charge in [-0.2, -0.15) is 0 Å². The van der Waals surface area contributed by atoms with E-state index in [-0.39, 0.29) is 0 Å². The zero-order chi connectivity index (χ0) is 13.0. The summed E-state index contributed by atoms with van der Waals surface area (Å²) >= 11 is 0. The Morgan fingerprint density at radius 3 is 2.61 bits per heavy atom. The van der Waals surface area contributed by atoms with E-state index in [0.717, 1.165) is 6.21 Å². The summed E-state index contributed by atoms with van der Waals surface area (Å²) in [5, 5.41) is 20.5. The minimum absolute atomic E-state index is 0.411. The van der Waals surface area contributed by atoms with E-state index in [0.29, 0.717) is 5.56 Å². The topological polar surface area (TPSA) is 73.2 Å². The molecule has 1 aromatic rings. The van der Waals surface area contributed by atoms with E-state index in [4.69, 9.17) is 5.41 Å². The molecule has 1 aliphatic heterocycles. The fourth-order valence-electron chi connectivity index (χ4n) is 1.83. The molecule has 0 aromatic heterocycles. The molecular weight excluding hydrogens is 228 g/mol. The van der Waals surface area contributed by atoms with Crippen molar-refractivity contribution in [3.05, 3.63) is 60.3 Å². The van der Waals surface area contributed by atoms with Crippen molar-refractivity contribution in [3.63, 3.8) is 0 Å². The molecule has 1 heterocycles. The van der Waals surface area contributed by atoms with Crippen LogP contribution >= 0.6 is 0 Å². The molecule has 4 heteroatoms. The number of nitrogens with one attached hydrogen (secondary N) is 2. The van der Waals surface area contributed by atoms with Gasteiger partial charge < -0.3 is 15.8 Å². The number of ketones is 1. The van der Waals surface area contributed by atoms with Crippen molar-refractivity contribution >= 4 is 12.0 Å². The Bertz CT molecular complexity index is 508. The first-order chi connectivity index (χ1) is 8.69. The lowest BCUT2D eigenvalue weighted by Gasteiger charge is -2.32. The highest BCUT2D eigenvalue weighted by Gasteiger charge is 2.38. The smallest absolute Gasteiger partial charge is 0.194 e.